The second-order valence-corrected chi connectivity index (χ2v) is 8.08. The monoisotopic (exact) mass is 236 g/mol. The maximum atomic E-state index is 6.58. The summed E-state index contributed by atoms with van der Waals surface area (Å²) in [5.41, 5.74) is 7.46. The van der Waals surface area contributed by atoms with Crippen LogP contribution in [0.5, 0.6) is 0 Å². The maximum Gasteiger partial charge on any atom is 0.0214 e. The van der Waals surface area contributed by atoms with Crippen molar-refractivity contribution >= 4 is 0 Å². The van der Waals surface area contributed by atoms with Crippen molar-refractivity contribution in [3.05, 3.63) is 0 Å². The van der Waals surface area contributed by atoms with Crippen LogP contribution in [-0.4, -0.2) is 30.1 Å². The molecule has 0 aromatic carbocycles. The Morgan fingerprint density at radius 2 is 1.59 bits per heavy atom. The van der Waals surface area contributed by atoms with E-state index in [0.717, 1.165) is 11.8 Å². The van der Waals surface area contributed by atoms with Crippen LogP contribution < -0.4 is 5.73 Å². The van der Waals surface area contributed by atoms with E-state index in [1.54, 1.807) is 0 Å². The lowest BCUT2D eigenvalue weighted by Crippen LogP contribution is -2.67. The van der Waals surface area contributed by atoms with Gasteiger partial charge in [-0.15, -0.1) is 0 Å². The van der Waals surface area contributed by atoms with Crippen LogP contribution in [0.15, 0.2) is 0 Å². The summed E-state index contributed by atoms with van der Waals surface area (Å²) < 4.78 is 0. The molecule has 4 saturated carbocycles. The van der Waals surface area contributed by atoms with Crippen LogP contribution in [0.2, 0.25) is 0 Å². The van der Waals surface area contributed by atoms with E-state index in [2.05, 4.69) is 32.8 Å². The van der Waals surface area contributed by atoms with Gasteiger partial charge in [0.2, 0.25) is 0 Å². The quantitative estimate of drug-likeness (QED) is 0.798. The zero-order valence-corrected chi connectivity index (χ0v) is 11.9. The molecule has 2 N–H and O–H groups in total. The summed E-state index contributed by atoms with van der Waals surface area (Å²) in [6.45, 7) is 4.53. The fourth-order valence-corrected chi connectivity index (χ4v) is 5.49. The smallest absolute Gasteiger partial charge is 0.0214 e. The second-order valence-electron chi connectivity index (χ2n) is 8.08. The molecule has 4 bridgehead atoms. The predicted octanol–water partition coefficient (Wildman–Crippen LogP) is 2.62. The Bertz CT molecular complexity index is 312. The highest BCUT2D eigenvalue weighted by Crippen LogP contribution is 2.65. The van der Waals surface area contributed by atoms with Crippen molar-refractivity contribution in [2.75, 3.05) is 14.1 Å². The predicted molar refractivity (Wildman–Crippen MR) is 71.8 cm³/mol. The van der Waals surface area contributed by atoms with Crippen LogP contribution in [0.1, 0.15) is 52.4 Å². The van der Waals surface area contributed by atoms with E-state index in [1.807, 2.05) is 0 Å². The average molecular weight is 236 g/mol. The molecular weight excluding hydrogens is 208 g/mol. The first-order valence-corrected chi connectivity index (χ1v) is 7.23. The van der Waals surface area contributed by atoms with Gasteiger partial charge in [-0.3, -0.25) is 0 Å². The van der Waals surface area contributed by atoms with Crippen molar-refractivity contribution in [1.82, 2.24) is 4.90 Å². The Morgan fingerprint density at radius 3 is 2.00 bits per heavy atom. The number of nitrogens with two attached hydrogens (primary N) is 1. The number of hydrogen-bond acceptors (Lipinski definition) is 2. The fourth-order valence-electron chi connectivity index (χ4n) is 5.49. The van der Waals surface area contributed by atoms with Crippen molar-refractivity contribution in [2.24, 2.45) is 23.0 Å². The lowest BCUT2D eigenvalue weighted by Gasteiger charge is -2.67. The molecule has 4 fully saturated rings. The summed E-state index contributed by atoms with van der Waals surface area (Å²) in [5.74, 6) is 1.89. The minimum absolute atomic E-state index is 0.00792. The van der Waals surface area contributed by atoms with E-state index >= 15 is 0 Å². The molecule has 0 amide bonds. The molecule has 2 heteroatoms. The van der Waals surface area contributed by atoms with E-state index in [1.165, 1.54) is 38.5 Å². The third-order valence-electron chi connectivity index (χ3n) is 6.35. The highest BCUT2D eigenvalue weighted by molar-refractivity contribution is 5.16. The van der Waals surface area contributed by atoms with Gasteiger partial charge in [-0.05, 0) is 83.7 Å². The van der Waals surface area contributed by atoms with Gasteiger partial charge in [0.15, 0.2) is 0 Å². The number of hydrogen-bond donors (Lipinski definition) is 1. The number of nitrogens with zero attached hydrogens (tertiary/aromatic N) is 1. The molecule has 2 unspecified atom stereocenters. The van der Waals surface area contributed by atoms with Crippen molar-refractivity contribution in [3.63, 3.8) is 0 Å². The van der Waals surface area contributed by atoms with Crippen molar-refractivity contribution in [3.8, 4) is 0 Å². The molecule has 98 valence electrons. The molecule has 4 aliphatic carbocycles. The summed E-state index contributed by atoms with van der Waals surface area (Å²) in [4.78, 5) is 2.52. The molecular formula is C15H28N2. The van der Waals surface area contributed by atoms with Gasteiger partial charge in [0.1, 0.15) is 0 Å². The first-order valence-electron chi connectivity index (χ1n) is 7.23. The van der Waals surface area contributed by atoms with Gasteiger partial charge in [-0.25, -0.2) is 0 Å². The van der Waals surface area contributed by atoms with Crippen LogP contribution in [0, 0.1) is 17.3 Å². The molecule has 4 aliphatic rings. The Hall–Kier alpha value is -0.0800. The summed E-state index contributed by atoms with van der Waals surface area (Å²) >= 11 is 0. The molecule has 4 rings (SSSR count). The number of rotatable bonds is 2. The fraction of sp³-hybridized carbons (Fsp3) is 1.00. The normalized spacial score (nSPS) is 49.1. The van der Waals surface area contributed by atoms with Crippen LogP contribution >= 0.6 is 0 Å². The summed E-state index contributed by atoms with van der Waals surface area (Å²) in [7, 11) is 4.56. The summed E-state index contributed by atoms with van der Waals surface area (Å²) in [6.07, 6.45) is 8.45. The topological polar surface area (TPSA) is 29.3 Å². The molecule has 0 aromatic rings. The second kappa shape index (κ2) is 3.27. The zero-order valence-electron chi connectivity index (χ0n) is 11.9. The third-order valence-corrected chi connectivity index (χ3v) is 6.35. The Balaban J connectivity index is 2.00. The first-order chi connectivity index (χ1) is 7.76. The molecule has 0 aromatic heterocycles. The standard InChI is InChI=1S/C15H28N2/c1-13(2,16)14-6-11-5-12(7-14)9-15(8-11,10-14)17(3)4/h11-12H,5-10,16H2,1-4H3. The van der Waals surface area contributed by atoms with Gasteiger partial charge in [0, 0.05) is 11.1 Å². The Kier molecular flexibility index (Phi) is 2.30. The minimum atomic E-state index is -0.00792. The van der Waals surface area contributed by atoms with E-state index in [4.69, 9.17) is 5.73 Å². The highest BCUT2D eigenvalue weighted by atomic mass is 15.2. The Morgan fingerprint density at radius 1 is 1.06 bits per heavy atom. The van der Waals surface area contributed by atoms with Crippen LogP contribution in [0.3, 0.4) is 0 Å². The van der Waals surface area contributed by atoms with Crippen LogP contribution in [-0.2, 0) is 0 Å². The minimum Gasteiger partial charge on any atom is -0.325 e. The van der Waals surface area contributed by atoms with Gasteiger partial charge >= 0.3 is 0 Å². The van der Waals surface area contributed by atoms with E-state index in [9.17, 15) is 0 Å². The van der Waals surface area contributed by atoms with Crippen LogP contribution in [0.25, 0.3) is 0 Å². The third kappa shape index (κ3) is 1.53. The van der Waals surface area contributed by atoms with Crippen molar-refractivity contribution < 1.29 is 0 Å². The maximum absolute atomic E-state index is 6.58. The molecule has 17 heavy (non-hydrogen) atoms. The SMILES string of the molecule is CN(C)C12CC3CC(C1)CC(C(C)(C)N)(C3)C2. The van der Waals surface area contributed by atoms with Gasteiger partial charge in [-0.2, -0.15) is 0 Å². The molecule has 0 heterocycles. The van der Waals surface area contributed by atoms with Crippen molar-refractivity contribution in [1.29, 1.82) is 0 Å². The first kappa shape index (κ1) is 12.0. The van der Waals surface area contributed by atoms with E-state index < -0.39 is 0 Å². The lowest BCUT2D eigenvalue weighted by molar-refractivity contribution is -0.143. The molecule has 2 nitrogen and oxygen atoms in total. The summed E-state index contributed by atoms with van der Waals surface area (Å²) in [6, 6.07) is 0. The van der Waals surface area contributed by atoms with Crippen molar-refractivity contribution in [2.45, 2.75) is 63.5 Å². The van der Waals surface area contributed by atoms with Gasteiger partial charge in [0.25, 0.3) is 0 Å². The molecule has 0 spiro atoms. The lowest BCUT2D eigenvalue weighted by atomic mass is 9.42. The molecule has 0 aliphatic heterocycles. The molecule has 0 saturated heterocycles. The van der Waals surface area contributed by atoms with Gasteiger partial charge < -0.3 is 10.6 Å². The summed E-state index contributed by atoms with van der Waals surface area (Å²) in [5, 5.41) is 0. The average Bonchev–Trinajstić information content (AvgIpc) is 2.13. The van der Waals surface area contributed by atoms with Crippen LogP contribution in [0.4, 0.5) is 0 Å². The largest absolute Gasteiger partial charge is 0.325 e. The van der Waals surface area contributed by atoms with Gasteiger partial charge in [-0.1, -0.05) is 0 Å². The Labute approximate surface area is 106 Å². The molecule has 2 atom stereocenters. The molecule has 0 radical (unpaired) electrons. The van der Waals surface area contributed by atoms with E-state index in [0.29, 0.717) is 11.0 Å². The highest BCUT2D eigenvalue weighted by Gasteiger charge is 2.61. The zero-order chi connectivity index (χ0) is 12.5. The van der Waals surface area contributed by atoms with E-state index in [-0.39, 0.29) is 5.54 Å². The van der Waals surface area contributed by atoms with Gasteiger partial charge in [0.05, 0.1) is 0 Å².